The monoisotopic (exact) mass is 535 g/mol. The van der Waals surface area contributed by atoms with Gasteiger partial charge >= 0.3 is 5.97 Å². The van der Waals surface area contributed by atoms with Gasteiger partial charge in [-0.2, -0.15) is 4.31 Å². The molecule has 0 radical (unpaired) electrons. The first-order valence-corrected chi connectivity index (χ1v) is 13.0. The number of ether oxygens (including phenoxy) is 3. The van der Waals surface area contributed by atoms with E-state index in [1.54, 1.807) is 24.6 Å². The van der Waals surface area contributed by atoms with E-state index in [1.807, 2.05) is 12.1 Å². The Balaban J connectivity index is 1.37. The van der Waals surface area contributed by atoms with E-state index in [1.165, 1.54) is 15.6 Å². The van der Waals surface area contributed by atoms with Crippen LogP contribution in [0.5, 0.6) is 5.75 Å². The smallest absolute Gasteiger partial charge is 0.341 e. The number of carbonyl (C=O) groups is 2. The number of methoxy groups -OCH3 is 1. The molecule has 1 aliphatic rings. The van der Waals surface area contributed by atoms with Crippen LogP contribution < -0.4 is 10.1 Å². The molecule has 3 aromatic rings. The van der Waals surface area contributed by atoms with Crippen molar-refractivity contribution in [3.63, 3.8) is 0 Å². The summed E-state index contributed by atoms with van der Waals surface area (Å²) in [5.41, 5.74) is 0.866. The molecule has 13 heteroatoms. The van der Waals surface area contributed by atoms with Gasteiger partial charge in [0.25, 0.3) is 5.91 Å². The van der Waals surface area contributed by atoms with Crippen molar-refractivity contribution in [1.29, 1.82) is 0 Å². The lowest BCUT2D eigenvalue weighted by Crippen LogP contribution is -2.40. The summed E-state index contributed by atoms with van der Waals surface area (Å²) in [6.45, 7) is 0.0690. The van der Waals surface area contributed by atoms with E-state index < -0.39 is 39.9 Å². The Morgan fingerprint density at radius 3 is 2.58 bits per heavy atom. The first-order valence-electron chi connectivity index (χ1n) is 10.7. The van der Waals surface area contributed by atoms with E-state index in [9.17, 15) is 22.4 Å². The third kappa shape index (κ3) is 5.87. The van der Waals surface area contributed by atoms with E-state index in [-0.39, 0.29) is 36.3 Å². The summed E-state index contributed by atoms with van der Waals surface area (Å²) in [4.78, 5) is 28.7. The SMILES string of the molecule is COc1ccc(-c2csc(NC(=O)COC(=O)c3cc(S(=O)(=O)N4CCOCC4)ccc3F)n2)cc1. The Labute approximate surface area is 210 Å². The third-order valence-electron chi connectivity index (χ3n) is 5.24. The van der Waals surface area contributed by atoms with E-state index in [2.05, 4.69) is 10.3 Å². The van der Waals surface area contributed by atoms with E-state index in [4.69, 9.17) is 14.2 Å². The largest absolute Gasteiger partial charge is 0.497 e. The highest BCUT2D eigenvalue weighted by Gasteiger charge is 2.28. The molecule has 0 bridgehead atoms. The van der Waals surface area contributed by atoms with Crippen molar-refractivity contribution in [3.8, 4) is 17.0 Å². The molecule has 1 amide bonds. The molecule has 1 aliphatic heterocycles. The van der Waals surface area contributed by atoms with Crippen LogP contribution in [0.15, 0.2) is 52.7 Å². The van der Waals surface area contributed by atoms with Gasteiger partial charge in [-0.25, -0.2) is 22.6 Å². The van der Waals surface area contributed by atoms with E-state index >= 15 is 0 Å². The molecular weight excluding hydrogens is 513 g/mol. The minimum atomic E-state index is -3.95. The van der Waals surface area contributed by atoms with Crippen molar-refractivity contribution in [1.82, 2.24) is 9.29 Å². The highest BCUT2D eigenvalue weighted by molar-refractivity contribution is 7.89. The van der Waals surface area contributed by atoms with Crippen molar-refractivity contribution in [2.75, 3.05) is 45.3 Å². The molecule has 1 saturated heterocycles. The third-order valence-corrected chi connectivity index (χ3v) is 7.89. The molecule has 1 aromatic heterocycles. The van der Waals surface area contributed by atoms with Crippen LogP contribution in [0.1, 0.15) is 10.4 Å². The lowest BCUT2D eigenvalue weighted by Gasteiger charge is -2.26. The van der Waals surface area contributed by atoms with Crippen LogP contribution in [0.3, 0.4) is 0 Å². The number of anilines is 1. The van der Waals surface area contributed by atoms with Crippen LogP contribution in [0.25, 0.3) is 11.3 Å². The topological polar surface area (TPSA) is 124 Å². The molecule has 2 aromatic carbocycles. The first-order chi connectivity index (χ1) is 17.3. The minimum absolute atomic E-state index is 0.149. The molecular formula is C23H22FN3O7S2. The number of nitrogens with zero attached hydrogens (tertiary/aromatic N) is 2. The molecule has 0 spiro atoms. The molecule has 4 rings (SSSR count). The zero-order valence-corrected chi connectivity index (χ0v) is 20.7. The quantitative estimate of drug-likeness (QED) is 0.437. The molecule has 0 saturated carbocycles. The average molecular weight is 536 g/mol. The summed E-state index contributed by atoms with van der Waals surface area (Å²) in [7, 11) is -2.38. The van der Waals surface area contributed by atoms with Crippen molar-refractivity contribution in [3.05, 3.63) is 59.2 Å². The van der Waals surface area contributed by atoms with Gasteiger partial charge in [-0.1, -0.05) is 0 Å². The van der Waals surface area contributed by atoms with Gasteiger partial charge in [-0.05, 0) is 42.5 Å². The van der Waals surface area contributed by atoms with Crippen LogP contribution in [-0.4, -0.2) is 69.6 Å². The predicted octanol–water partition coefficient (Wildman–Crippen LogP) is 2.77. The minimum Gasteiger partial charge on any atom is -0.497 e. The van der Waals surface area contributed by atoms with Crippen molar-refractivity contribution >= 4 is 38.4 Å². The summed E-state index contributed by atoms with van der Waals surface area (Å²) < 4.78 is 56.3. The highest BCUT2D eigenvalue weighted by Crippen LogP contribution is 2.26. The van der Waals surface area contributed by atoms with Crippen LogP contribution in [0.4, 0.5) is 9.52 Å². The normalized spacial score (nSPS) is 14.3. The number of halogens is 1. The molecule has 0 aliphatic carbocycles. The fourth-order valence-electron chi connectivity index (χ4n) is 3.35. The maximum Gasteiger partial charge on any atom is 0.341 e. The molecule has 10 nitrogen and oxygen atoms in total. The van der Waals surface area contributed by atoms with Crippen molar-refractivity contribution in [2.24, 2.45) is 0 Å². The Morgan fingerprint density at radius 2 is 1.89 bits per heavy atom. The number of hydrogen-bond donors (Lipinski definition) is 1. The van der Waals surface area contributed by atoms with Gasteiger partial charge in [0.15, 0.2) is 11.7 Å². The van der Waals surface area contributed by atoms with Gasteiger partial charge in [0, 0.05) is 24.0 Å². The van der Waals surface area contributed by atoms with Gasteiger partial charge in [-0.3, -0.25) is 10.1 Å². The number of benzene rings is 2. The summed E-state index contributed by atoms with van der Waals surface area (Å²) >= 11 is 1.18. The molecule has 2 heterocycles. The van der Waals surface area contributed by atoms with Gasteiger partial charge in [-0.15, -0.1) is 11.3 Å². The Bertz CT molecular complexity index is 1350. The lowest BCUT2D eigenvalue weighted by atomic mass is 10.2. The zero-order valence-electron chi connectivity index (χ0n) is 19.1. The maximum absolute atomic E-state index is 14.3. The number of hydrogen-bond acceptors (Lipinski definition) is 9. The molecule has 1 N–H and O–H groups in total. The molecule has 190 valence electrons. The van der Waals surface area contributed by atoms with Crippen LogP contribution in [-0.2, 0) is 24.3 Å². The Kier molecular flexibility index (Phi) is 7.94. The summed E-state index contributed by atoms with van der Waals surface area (Å²) in [6.07, 6.45) is 0. The lowest BCUT2D eigenvalue weighted by molar-refractivity contribution is -0.119. The van der Waals surface area contributed by atoms with Gasteiger partial charge in [0.2, 0.25) is 10.0 Å². The van der Waals surface area contributed by atoms with Crippen molar-refractivity contribution in [2.45, 2.75) is 4.90 Å². The number of amides is 1. The molecule has 36 heavy (non-hydrogen) atoms. The second kappa shape index (κ2) is 11.1. The van der Waals surface area contributed by atoms with E-state index in [0.29, 0.717) is 11.4 Å². The maximum atomic E-state index is 14.3. The van der Waals surface area contributed by atoms with Crippen molar-refractivity contribution < 1.29 is 36.6 Å². The van der Waals surface area contributed by atoms with E-state index in [0.717, 1.165) is 23.8 Å². The number of carbonyl (C=O) groups excluding carboxylic acids is 2. The Morgan fingerprint density at radius 1 is 1.17 bits per heavy atom. The van der Waals surface area contributed by atoms with Crippen LogP contribution in [0.2, 0.25) is 0 Å². The summed E-state index contributed by atoms with van der Waals surface area (Å²) in [5.74, 6) is -2.12. The van der Waals surface area contributed by atoms with Gasteiger partial charge in [0.1, 0.15) is 11.6 Å². The number of esters is 1. The summed E-state index contributed by atoms with van der Waals surface area (Å²) in [6, 6.07) is 10.1. The summed E-state index contributed by atoms with van der Waals surface area (Å²) in [5, 5.41) is 4.55. The second-order valence-electron chi connectivity index (χ2n) is 7.55. The van der Waals surface area contributed by atoms with Crippen LogP contribution >= 0.6 is 11.3 Å². The highest BCUT2D eigenvalue weighted by atomic mass is 32.2. The van der Waals surface area contributed by atoms with Gasteiger partial charge in [0.05, 0.1) is 36.5 Å². The Hall–Kier alpha value is -3.39. The molecule has 0 unspecified atom stereocenters. The molecule has 0 atom stereocenters. The number of sulfonamides is 1. The van der Waals surface area contributed by atoms with Crippen LogP contribution in [0, 0.1) is 5.82 Å². The number of rotatable bonds is 8. The fourth-order valence-corrected chi connectivity index (χ4v) is 5.52. The fraction of sp³-hybridized carbons (Fsp3) is 0.261. The number of nitrogens with one attached hydrogen (secondary N) is 1. The number of thiazole rings is 1. The number of aromatic nitrogens is 1. The second-order valence-corrected chi connectivity index (χ2v) is 10.3. The standard InChI is InChI=1S/C23H22FN3O7S2/c1-32-16-4-2-15(3-5-16)20-14-35-23(25-20)26-21(28)13-34-22(29)18-12-17(6-7-19(18)24)36(30,31)27-8-10-33-11-9-27/h2-7,12,14H,8-11,13H2,1H3,(H,25,26,28). The van der Waals surface area contributed by atoms with Gasteiger partial charge < -0.3 is 14.2 Å². The molecule has 1 fully saturated rings. The number of morpholine rings is 1. The average Bonchev–Trinajstić information content (AvgIpc) is 3.36. The zero-order chi connectivity index (χ0) is 25.7. The first kappa shape index (κ1) is 25.7. The predicted molar refractivity (Wildman–Crippen MR) is 129 cm³/mol.